The standard InChI is InChI=1S/C19H18N4O3/c1-12-8-13(2)23-18(24)16(12)11-22-19(25)17-20-9-15(10-21-17)26-14-6-4-3-5-7-14/h3-10H,11H2,1-2H3,(H,22,25)(H,23,24). The molecule has 1 aromatic carbocycles. The van der Waals surface area contributed by atoms with Gasteiger partial charge in [-0.2, -0.15) is 0 Å². The SMILES string of the molecule is Cc1cc(C)c(CNC(=O)c2ncc(Oc3ccccc3)cn2)c(=O)[nH]1. The van der Waals surface area contributed by atoms with Crippen LogP contribution in [0.5, 0.6) is 11.5 Å². The van der Waals surface area contributed by atoms with Crippen LogP contribution in [-0.4, -0.2) is 20.9 Å². The molecule has 0 atom stereocenters. The van der Waals surface area contributed by atoms with E-state index >= 15 is 0 Å². The van der Waals surface area contributed by atoms with Crippen molar-refractivity contribution in [3.8, 4) is 11.5 Å². The predicted octanol–water partition coefficient (Wildman–Crippen LogP) is 2.50. The maximum atomic E-state index is 12.2. The summed E-state index contributed by atoms with van der Waals surface area (Å²) in [5.74, 6) is 0.628. The van der Waals surface area contributed by atoms with Gasteiger partial charge in [0.15, 0.2) is 5.75 Å². The van der Waals surface area contributed by atoms with Crippen molar-refractivity contribution in [3.63, 3.8) is 0 Å². The lowest BCUT2D eigenvalue weighted by molar-refractivity contribution is 0.0940. The Kier molecular flexibility index (Phi) is 5.07. The highest BCUT2D eigenvalue weighted by atomic mass is 16.5. The summed E-state index contributed by atoms with van der Waals surface area (Å²) in [6.07, 6.45) is 2.86. The summed E-state index contributed by atoms with van der Waals surface area (Å²) >= 11 is 0. The summed E-state index contributed by atoms with van der Waals surface area (Å²) in [4.78, 5) is 34.9. The third kappa shape index (κ3) is 4.13. The van der Waals surface area contributed by atoms with Gasteiger partial charge in [0.05, 0.1) is 12.4 Å². The molecule has 0 unspecified atom stereocenters. The van der Waals surface area contributed by atoms with E-state index in [4.69, 9.17) is 4.74 Å². The number of nitrogens with one attached hydrogen (secondary N) is 2. The van der Waals surface area contributed by atoms with Gasteiger partial charge in [-0.1, -0.05) is 18.2 Å². The molecule has 0 aliphatic rings. The molecule has 0 spiro atoms. The highest BCUT2D eigenvalue weighted by molar-refractivity contribution is 5.90. The summed E-state index contributed by atoms with van der Waals surface area (Å²) in [7, 11) is 0. The largest absolute Gasteiger partial charge is 0.454 e. The van der Waals surface area contributed by atoms with Gasteiger partial charge in [0.1, 0.15) is 5.75 Å². The lowest BCUT2D eigenvalue weighted by Crippen LogP contribution is -2.29. The fourth-order valence-electron chi connectivity index (χ4n) is 2.46. The molecular weight excluding hydrogens is 332 g/mol. The second-order valence-electron chi connectivity index (χ2n) is 5.78. The Balaban J connectivity index is 1.64. The van der Waals surface area contributed by atoms with E-state index in [1.807, 2.05) is 50.2 Å². The molecule has 2 aromatic heterocycles. The maximum Gasteiger partial charge on any atom is 0.289 e. The van der Waals surface area contributed by atoms with Gasteiger partial charge in [0.2, 0.25) is 5.82 Å². The molecule has 7 heteroatoms. The van der Waals surface area contributed by atoms with E-state index in [1.54, 1.807) is 0 Å². The van der Waals surface area contributed by atoms with Crippen molar-refractivity contribution in [3.05, 3.63) is 81.8 Å². The van der Waals surface area contributed by atoms with E-state index < -0.39 is 5.91 Å². The van der Waals surface area contributed by atoms with E-state index in [2.05, 4.69) is 20.3 Å². The first-order chi connectivity index (χ1) is 12.5. The number of aromatic nitrogens is 3. The van der Waals surface area contributed by atoms with Crippen molar-refractivity contribution < 1.29 is 9.53 Å². The van der Waals surface area contributed by atoms with E-state index in [-0.39, 0.29) is 17.9 Å². The van der Waals surface area contributed by atoms with Gasteiger partial charge in [-0.25, -0.2) is 9.97 Å². The minimum atomic E-state index is -0.462. The summed E-state index contributed by atoms with van der Waals surface area (Å²) in [6, 6.07) is 11.1. The van der Waals surface area contributed by atoms with Crippen LogP contribution < -0.4 is 15.6 Å². The number of benzene rings is 1. The molecule has 26 heavy (non-hydrogen) atoms. The number of nitrogens with zero attached hydrogens (tertiary/aromatic N) is 2. The highest BCUT2D eigenvalue weighted by Crippen LogP contribution is 2.18. The molecule has 3 rings (SSSR count). The summed E-state index contributed by atoms with van der Waals surface area (Å²) in [5.41, 5.74) is 1.89. The van der Waals surface area contributed by atoms with Gasteiger partial charge < -0.3 is 15.0 Å². The Morgan fingerprint density at radius 3 is 2.46 bits per heavy atom. The lowest BCUT2D eigenvalue weighted by atomic mass is 10.1. The molecule has 3 aromatic rings. The quantitative estimate of drug-likeness (QED) is 0.737. The number of para-hydroxylation sites is 1. The number of hydrogen-bond acceptors (Lipinski definition) is 5. The second kappa shape index (κ2) is 7.60. The molecule has 132 valence electrons. The van der Waals surface area contributed by atoms with Gasteiger partial charge in [-0.3, -0.25) is 9.59 Å². The number of H-pyrrole nitrogens is 1. The molecule has 0 aliphatic heterocycles. The zero-order valence-corrected chi connectivity index (χ0v) is 14.4. The van der Waals surface area contributed by atoms with Gasteiger partial charge >= 0.3 is 0 Å². The Labute approximate surface area is 150 Å². The number of pyridine rings is 1. The lowest BCUT2D eigenvalue weighted by Gasteiger charge is -2.08. The van der Waals surface area contributed by atoms with Crippen LogP contribution in [0.2, 0.25) is 0 Å². The zero-order chi connectivity index (χ0) is 18.5. The molecule has 2 heterocycles. The van der Waals surface area contributed by atoms with Crippen molar-refractivity contribution >= 4 is 5.91 Å². The van der Waals surface area contributed by atoms with Crippen LogP contribution in [-0.2, 0) is 6.54 Å². The minimum absolute atomic E-state index is 0.00612. The molecule has 1 amide bonds. The van der Waals surface area contributed by atoms with Gasteiger partial charge in [0, 0.05) is 17.8 Å². The Hall–Kier alpha value is -3.48. The molecule has 0 saturated heterocycles. The van der Waals surface area contributed by atoms with Crippen LogP contribution in [0.1, 0.15) is 27.4 Å². The number of rotatable bonds is 5. The summed E-state index contributed by atoms with van der Waals surface area (Å²) in [5, 5.41) is 2.66. The predicted molar refractivity (Wildman–Crippen MR) is 96.3 cm³/mol. The Bertz CT molecular complexity index is 966. The molecule has 0 saturated carbocycles. The average Bonchev–Trinajstić information content (AvgIpc) is 2.62. The van der Waals surface area contributed by atoms with Gasteiger partial charge in [0.25, 0.3) is 11.5 Å². The topological polar surface area (TPSA) is 97.0 Å². The van der Waals surface area contributed by atoms with E-state index in [1.165, 1.54) is 12.4 Å². The summed E-state index contributed by atoms with van der Waals surface area (Å²) in [6.45, 7) is 3.74. The van der Waals surface area contributed by atoms with Crippen molar-refractivity contribution in [2.45, 2.75) is 20.4 Å². The number of carbonyl (C=O) groups is 1. The molecule has 7 nitrogen and oxygen atoms in total. The van der Waals surface area contributed by atoms with Crippen LogP contribution in [0.3, 0.4) is 0 Å². The fourth-order valence-corrected chi connectivity index (χ4v) is 2.46. The van der Waals surface area contributed by atoms with Crippen LogP contribution in [0.25, 0.3) is 0 Å². The van der Waals surface area contributed by atoms with Gasteiger partial charge in [-0.05, 0) is 37.6 Å². The average molecular weight is 350 g/mol. The first kappa shape index (κ1) is 17.3. The fraction of sp³-hybridized carbons (Fsp3) is 0.158. The molecule has 0 bridgehead atoms. The first-order valence-electron chi connectivity index (χ1n) is 8.05. The van der Waals surface area contributed by atoms with E-state index in [9.17, 15) is 9.59 Å². The summed E-state index contributed by atoms with van der Waals surface area (Å²) < 4.78 is 5.58. The number of aryl methyl sites for hydroxylation is 2. The number of ether oxygens (including phenoxy) is 1. The highest BCUT2D eigenvalue weighted by Gasteiger charge is 2.12. The van der Waals surface area contributed by atoms with Crippen molar-refractivity contribution in [2.24, 2.45) is 0 Å². The molecule has 0 fully saturated rings. The molecule has 2 N–H and O–H groups in total. The van der Waals surface area contributed by atoms with Crippen molar-refractivity contribution in [1.29, 1.82) is 0 Å². The van der Waals surface area contributed by atoms with Crippen LogP contribution in [0.15, 0.2) is 53.6 Å². The zero-order valence-electron chi connectivity index (χ0n) is 14.4. The monoisotopic (exact) mass is 350 g/mol. The van der Waals surface area contributed by atoms with Gasteiger partial charge in [-0.15, -0.1) is 0 Å². The molecule has 0 aliphatic carbocycles. The molecular formula is C19H18N4O3. The number of aromatic amines is 1. The number of carbonyl (C=O) groups excluding carboxylic acids is 1. The maximum absolute atomic E-state index is 12.2. The Morgan fingerprint density at radius 2 is 1.81 bits per heavy atom. The van der Waals surface area contributed by atoms with E-state index in [0.717, 1.165) is 11.3 Å². The third-order valence-electron chi connectivity index (χ3n) is 3.73. The second-order valence-corrected chi connectivity index (χ2v) is 5.78. The third-order valence-corrected chi connectivity index (χ3v) is 3.73. The van der Waals surface area contributed by atoms with Crippen molar-refractivity contribution in [1.82, 2.24) is 20.3 Å². The Morgan fingerprint density at radius 1 is 1.12 bits per heavy atom. The number of amides is 1. The van der Waals surface area contributed by atoms with Crippen LogP contribution in [0, 0.1) is 13.8 Å². The smallest absolute Gasteiger partial charge is 0.289 e. The van der Waals surface area contributed by atoms with E-state index in [0.29, 0.717) is 17.1 Å². The number of hydrogen-bond donors (Lipinski definition) is 2. The normalized spacial score (nSPS) is 10.4. The van der Waals surface area contributed by atoms with Crippen molar-refractivity contribution in [2.75, 3.05) is 0 Å². The molecule has 0 radical (unpaired) electrons. The van der Waals surface area contributed by atoms with Crippen LogP contribution >= 0.6 is 0 Å². The first-order valence-corrected chi connectivity index (χ1v) is 8.05. The van der Waals surface area contributed by atoms with Crippen LogP contribution in [0.4, 0.5) is 0 Å². The minimum Gasteiger partial charge on any atom is -0.454 e.